The van der Waals surface area contributed by atoms with Crippen molar-refractivity contribution in [3.63, 3.8) is 0 Å². The molecule has 106 valence electrons. The molecule has 1 aromatic rings. The molecular formula is C16H26N2O. The largest absolute Gasteiger partial charge is 0.490 e. The smallest absolute Gasteiger partial charge is 0.142 e. The van der Waals surface area contributed by atoms with Crippen LogP contribution in [-0.4, -0.2) is 25.2 Å². The van der Waals surface area contributed by atoms with E-state index in [1.54, 1.807) is 0 Å². The topological polar surface area (TPSA) is 33.3 Å². The normalized spacial score (nSPS) is 17.0. The van der Waals surface area contributed by atoms with Crippen molar-refractivity contribution in [2.45, 2.75) is 52.1 Å². The highest BCUT2D eigenvalue weighted by molar-refractivity contribution is 5.59. The first-order chi connectivity index (χ1) is 9.22. The molecule has 0 bridgehead atoms. The van der Waals surface area contributed by atoms with Gasteiger partial charge in [-0.1, -0.05) is 19.9 Å². The van der Waals surface area contributed by atoms with Crippen LogP contribution >= 0.6 is 0 Å². The van der Waals surface area contributed by atoms with Crippen LogP contribution in [0.15, 0.2) is 18.2 Å². The second-order valence-electron chi connectivity index (χ2n) is 5.39. The lowest BCUT2D eigenvalue weighted by molar-refractivity contribution is 0.323. The molecule has 3 nitrogen and oxygen atoms in total. The molecule has 0 amide bonds. The fourth-order valence-corrected chi connectivity index (χ4v) is 2.44. The predicted molar refractivity (Wildman–Crippen MR) is 81.1 cm³/mol. The van der Waals surface area contributed by atoms with Crippen molar-refractivity contribution >= 4 is 5.69 Å². The predicted octanol–water partition coefficient (Wildman–Crippen LogP) is 3.20. The van der Waals surface area contributed by atoms with Gasteiger partial charge in [0.15, 0.2) is 0 Å². The molecule has 19 heavy (non-hydrogen) atoms. The summed E-state index contributed by atoms with van der Waals surface area (Å²) in [6.07, 6.45) is 3.41. The zero-order valence-corrected chi connectivity index (χ0v) is 12.3. The Hall–Kier alpha value is -1.22. The number of nitrogens with one attached hydrogen (secondary N) is 2. The van der Waals surface area contributed by atoms with E-state index in [9.17, 15) is 0 Å². The second kappa shape index (κ2) is 6.80. The van der Waals surface area contributed by atoms with Crippen LogP contribution in [0.1, 0.15) is 39.2 Å². The Morgan fingerprint density at radius 2 is 2.16 bits per heavy atom. The summed E-state index contributed by atoms with van der Waals surface area (Å²) in [5.74, 6) is 0.984. The van der Waals surface area contributed by atoms with Gasteiger partial charge < -0.3 is 15.4 Å². The standard InChI is InChI=1S/C16H26N2O/c1-4-12(3)18-14(5-2)10-13-6-7-16-15(11-13)17-8-9-19-16/h6-7,11-12,14,17-18H,4-5,8-10H2,1-3H3. The number of hydrogen-bond donors (Lipinski definition) is 2. The van der Waals surface area contributed by atoms with Gasteiger partial charge in [0.05, 0.1) is 5.69 Å². The third-order valence-corrected chi connectivity index (χ3v) is 3.83. The van der Waals surface area contributed by atoms with Crippen LogP contribution in [-0.2, 0) is 6.42 Å². The lowest BCUT2D eigenvalue weighted by Gasteiger charge is -2.23. The molecule has 0 fully saturated rings. The first kappa shape index (κ1) is 14.2. The highest BCUT2D eigenvalue weighted by Gasteiger charge is 2.13. The fourth-order valence-electron chi connectivity index (χ4n) is 2.44. The molecule has 2 unspecified atom stereocenters. The maximum Gasteiger partial charge on any atom is 0.142 e. The van der Waals surface area contributed by atoms with E-state index < -0.39 is 0 Å². The number of benzene rings is 1. The highest BCUT2D eigenvalue weighted by atomic mass is 16.5. The summed E-state index contributed by atoms with van der Waals surface area (Å²) >= 11 is 0. The first-order valence-corrected chi connectivity index (χ1v) is 7.48. The van der Waals surface area contributed by atoms with Crippen molar-refractivity contribution in [1.29, 1.82) is 0 Å². The summed E-state index contributed by atoms with van der Waals surface area (Å²) in [6, 6.07) is 7.65. The number of hydrogen-bond acceptors (Lipinski definition) is 3. The SMILES string of the molecule is CCC(C)NC(CC)Cc1ccc2c(c1)NCCO2. The lowest BCUT2D eigenvalue weighted by Crippen LogP contribution is -2.37. The summed E-state index contributed by atoms with van der Waals surface area (Å²) < 4.78 is 5.61. The van der Waals surface area contributed by atoms with Gasteiger partial charge in [-0.25, -0.2) is 0 Å². The summed E-state index contributed by atoms with van der Waals surface area (Å²) in [6.45, 7) is 8.40. The molecule has 2 rings (SSSR count). The maximum atomic E-state index is 5.61. The van der Waals surface area contributed by atoms with E-state index in [0.717, 1.165) is 37.4 Å². The van der Waals surface area contributed by atoms with E-state index in [1.807, 2.05) is 0 Å². The van der Waals surface area contributed by atoms with E-state index in [4.69, 9.17) is 4.74 Å². The summed E-state index contributed by atoms with van der Waals surface area (Å²) in [5, 5.41) is 7.09. The second-order valence-corrected chi connectivity index (χ2v) is 5.39. The van der Waals surface area contributed by atoms with Gasteiger partial charge in [-0.05, 0) is 43.9 Å². The Morgan fingerprint density at radius 1 is 1.32 bits per heavy atom. The Bertz CT molecular complexity index is 406. The molecule has 2 N–H and O–H groups in total. The zero-order chi connectivity index (χ0) is 13.7. The van der Waals surface area contributed by atoms with Crippen LogP contribution in [0, 0.1) is 0 Å². The molecule has 2 atom stereocenters. The molecule has 1 aromatic carbocycles. The van der Waals surface area contributed by atoms with Crippen molar-refractivity contribution in [3.05, 3.63) is 23.8 Å². The van der Waals surface area contributed by atoms with Gasteiger partial charge in [-0.15, -0.1) is 0 Å². The van der Waals surface area contributed by atoms with Crippen molar-refractivity contribution < 1.29 is 4.74 Å². The number of ether oxygens (including phenoxy) is 1. The first-order valence-electron chi connectivity index (χ1n) is 7.48. The Morgan fingerprint density at radius 3 is 2.89 bits per heavy atom. The fraction of sp³-hybridized carbons (Fsp3) is 0.625. The van der Waals surface area contributed by atoms with E-state index >= 15 is 0 Å². The molecule has 1 aliphatic rings. The van der Waals surface area contributed by atoms with Gasteiger partial charge in [0, 0.05) is 18.6 Å². The van der Waals surface area contributed by atoms with Gasteiger partial charge in [0.1, 0.15) is 12.4 Å². The molecule has 0 saturated heterocycles. The minimum absolute atomic E-state index is 0.553. The number of fused-ring (bicyclic) bond motifs is 1. The molecular weight excluding hydrogens is 236 g/mol. The van der Waals surface area contributed by atoms with Gasteiger partial charge in [-0.3, -0.25) is 0 Å². The van der Waals surface area contributed by atoms with Crippen molar-refractivity contribution in [3.8, 4) is 5.75 Å². The maximum absolute atomic E-state index is 5.61. The molecule has 0 aliphatic carbocycles. The van der Waals surface area contributed by atoms with Crippen LogP contribution in [0.4, 0.5) is 5.69 Å². The van der Waals surface area contributed by atoms with Crippen LogP contribution in [0.2, 0.25) is 0 Å². The Balaban J connectivity index is 2.01. The van der Waals surface area contributed by atoms with Crippen LogP contribution < -0.4 is 15.4 Å². The Labute approximate surface area is 116 Å². The van der Waals surface area contributed by atoms with Crippen LogP contribution in [0.25, 0.3) is 0 Å². The van der Waals surface area contributed by atoms with Crippen molar-refractivity contribution in [2.75, 3.05) is 18.5 Å². The molecule has 1 aliphatic heterocycles. The molecule has 0 aromatic heterocycles. The van der Waals surface area contributed by atoms with E-state index in [0.29, 0.717) is 12.1 Å². The minimum atomic E-state index is 0.553. The van der Waals surface area contributed by atoms with Gasteiger partial charge in [-0.2, -0.15) is 0 Å². The van der Waals surface area contributed by atoms with Crippen LogP contribution in [0.5, 0.6) is 5.75 Å². The molecule has 0 spiro atoms. The molecule has 0 radical (unpaired) electrons. The van der Waals surface area contributed by atoms with Crippen LogP contribution in [0.3, 0.4) is 0 Å². The third-order valence-electron chi connectivity index (χ3n) is 3.83. The van der Waals surface area contributed by atoms with E-state index in [2.05, 4.69) is 49.6 Å². The summed E-state index contributed by atoms with van der Waals surface area (Å²) in [7, 11) is 0. The highest BCUT2D eigenvalue weighted by Crippen LogP contribution is 2.28. The molecule has 0 saturated carbocycles. The van der Waals surface area contributed by atoms with Crippen molar-refractivity contribution in [1.82, 2.24) is 5.32 Å². The minimum Gasteiger partial charge on any atom is -0.490 e. The van der Waals surface area contributed by atoms with Gasteiger partial charge >= 0.3 is 0 Å². The quantitative estimate of drug-likeness (QED) is 0.826. The molecule has 3 heteroatoms. The number of rotatable bonds is 6. The number of anilines is 1. The Kier molecular flexibility index (Phi) is 5.08. The zero-order valence-electron chi connectivity index (χ0n) is 12.3. The summed E-state index contributed by atoms with van der Waals surface area (Å²) in [5.41, 5.74) is 2.52. The monoisotopic (exact) mass is 262 g/mol. The molecule has 1 heterocycles. The third kappa shape index (κ3) is 3.87. The average molecular weight is 262 g/mol. The summed E-state index contributed by atoms with van der Waals surface area (Å²) in [4.78, 5) is 0. The van der Waals surface area contributed by atoms with Crippen molar-refractivity contribution in [2.24, 2.45) is 0 Å². The van der Waals surface area contributed by atoms with E-state index in [-0.39, 0.29) is 0 Å². The lowest BCUT2D eigenvalue weighted by atomic mass is 10.0. The van der Waals surface area contributed by atoms with Gasteiger partial charge in [0.25, 0.3) is 0 Å². The van der Waals surface area contributed by atoms with E-state index in [1.165, 1.54) is 12.0 Å². The van der Waals surface area contributed by atoms with Gasteiger partial charge in [0.2, 0.25) is 0 Å². The average Bonchev–Trinajstić information content (AvgIpc) is 2.46.